The van der Waals surface area contributed by atoms with Crippen molar-refractivity contribution < 1.29 is 4.79 Å². The van der Waals surface area contributed by atoms with Crippen LogP contribution in [0.5, 0.6) is 0 Å². The molecule has 4 rings (SSSR count). The Balaban J connectivity index is 1.61. The number of hydrogen-bond acceptors (Lipinski definition) is 4. The molecular weight excluding hydrogens is 388 g/mol. The smallest absolute Gasteiger partial charge is 0.244 e. The zero-order valence-electron chi connectivity index (χ0n) is 18.8. The van der Waals surface area contributed by atoms with E-state index in [4.69, 9.17) is 0 Å². The first-order valence-electron chi connectivity index (χ1n) is 10.5. The summed E-state index contributed by atoms with van der Waals surface area (Å²) in [5, 5.41) is 10.0. The number of aromatic nitrogens is 5. The second-order valence-electron chi connectivity index (χ2n) is 7.99. The molecule has 0 aliphatic rings. The van der Waals surface area contributed by atoms with Gasteiger partial charge in [-0.05, 0) is 44.9 Å². The van der Waals surface area contributed by atoms with Crippen molar-refractivity contribution in [2.45, 2.75) is 47.3 Å². The van der Waals surface area contributed by atoms with E-state index in [0.29, 0.717) is 6.54 Å². The van der Waals surface area contributed by atoms with E-state index in [1.165, 1.54) is 5.56 Å². The zero-order valence-corrected chi connectivity index (χ0v) is 18.8. The summed E-state index contributed by atoms with van der Waals surface area (Å²) < 4.78 is 3.65. The molecule has 1 aromatic carbocycles. The quantitative estimate of drug-likeness (QED) is 0.478. The predicted octanol–water partition coefficient (Wildman–Crippen LogP) is 3.90. The van der Waals surface area contributed by atoms with E-state index in [-0.39, 0.29) is 12.5 Å². The minimum atomic E-state index is -0.0178. The van der Waals surface area contributed by atoms with E-state index >= 15 is 0 Å². The van der Waals surface area contributed by atoms with Crippen molar-refractivity contribution in [3.63, 3.8) is 0 Å². The van der Waals surface area contributed by atoms with E-state index in [9.17, 15) is 4.79 Å². The van der Waals surface area contributed by atoms with Gasteiger partial charge >= 0.3 is 0 Å². The monoisotopic (exact) mass is 416 g/mol. The summed E-state index contributed by atoms with van der Waals surface area (Å²) in [5.74, 6) is -0.0178. The number of benzene rings is 1. The van der Waals surface area contributed by atoms with E-state index in [2.05, 4.69) is 53.3 Å². The molecule has 0 bridgehead atoms. The third-order valence-electron chi connectivity index (χ3n) is 5.76. The highest BCUT2D eigenvalue weighted by Gasteiger charge is 2.18. The van der Waals surface area contributed by atoms with Crippen LogP contribution in [-0.2, 0) is 24.4 Å². The molecule has 3 aromatic heterocycles. The van der Waals surface area contributed by atoms with E-state index < -0.39 is 0 Å². The molecular formula is C24H28N6O. The molecule has 0 spiro atoms. The van der Waals surface area contributed by atoms with Crippen LogP contribution < -0.4 is 0 Å². The van der Waals surface area contributed by atoms with Gasteiger partial charge in [0.05, 0.1) is 11.9 Å². The molecule has 1 amide bonds. The van der Waals surface area contributed by atoms with Crippen LogP contribution >= 0.6 is 0 Å². The molecule has 3 heterocycles. The molecule has 0 atom stereocenters. The number of pyridine rings is 1. The summed E-state index contributed by atoms with van der Waals surface area (Å²) in [6.07, 6.45) is 3.63. The number of likely N-dealkylation sites (N-methyl/N-ethyl adjacent to an activating group) is 1. The van der Waals surface area contributed by atoms with Crippen molar-refractivity contribution in [3.8, 4) is 11.1 Å². The Hall–Kier alpha value is -3.48. The molecule has 7 heteroatoms. The average molecular weight is 417 g/mol. The fourth-order valence-electron chi connectivity index (χ4n) is 4.00. The van der Waals surface area contributed by atoms with Gasteiger partial charge in [0.25, 0.3) is 0 Å². The minimum Gasteiger partial charge on any atom is -0.340 e. The van der Waals surface area contributed by atoms with Gasteiger partial charge in [-0.1, -0.05) is 29.8 Å². The summed E-state index contributed by atoms with van der Waals surface area (Å²) in [5.41, 5.74) is 7.16. The Labute approximate surface area is 182 Å². The average Bonchev–Trinajstić information content (AvgIpc) is 3.27. The number of rotatable bonds is 6. The maximum Gasteiger partial charge on any atom is 0.244 e. The highest BCUT2D eigenvalue weighted by molar-refractivity contribution is 5.95. The summed E-state index contributed by atoms with van der Waals surface area (Å²) >= 11 is 0. The summed E-state index contributed by atoms with van der Waals surface area (Å²) in [6, 6.07) is 10.4. The van der Waals surface area contributed by atoms with Crippen molar-refractivity contribution in [2.75, 3.05) is 7.05 Å². The molecule has 0 radical (unpaired) electrons. The third-order valence-corrected chi connectivity index (χ3v) is 5.76. The molecule has 0 fully saturated rings. The van der Waals surface area contributed by atoms with Crippen molar-refractivity contribution in [2.24, 2.45) is 0 Å². The van der Waals surface area contributed by atoms with Crippen LogP contribution in [0.1, 0.15) is 29.4 Å². The Morgan fingerprint density at radius 2 is 1.94 bits per heavy atom. The van der Waals surface area contributed by atoms with Crippen molar-refractivity contribution in [1.29, 1.82) is 0 Å². The molecule has 0 saturated heterocycles. The molecule has 7 nitrogen and oxygen atoms in total. The second kappa shape index (κ2) is 8.34. The standard InChI is InChI=1S/C24H28N6O/c1-6-29-18(4)20(13-26-29)14-28(5)22(31)15-30-24-23(17(3)27-30)21(10-11-25-24)19-9-7-8-16(2)12-19/h7-13H,6,14-15H2,1-5H3. The molecule has 160 valence electrons. The van der Waals surface area contributed by atoms with Crippen LogP contribution in [0.15, 0.2) is 42.7 Å². The van der Waals surface area contributed by atoms with Gasteiger partial charge in [0.1, 0.15) is 6.54 Å². The van der Waals surface area contributed by atoms with Crippen LogP contribution in [0.25, 0.3) is 22.2 Å². The fraction of sp³-hybridized carbons (Fsp3) is 0.333. The van der Waals surface area contributed by atoms with Crippen molar-refractivity contribution in [3.05, 3.63) is 65.2 Å². The Morgan fingerprint density at radius 1 is 1.13 bits per heavy atom. The zero-order chi connectivity index (χ0) is 22.1. The molecule has 0 N–H and O–H groups in total. The fourth-order valence-corrected chi connectivity index (χ4v) is 4.00. The number of carbonyl (C=O) groups is 1. The summed E-state index contributed by atoms with van der Waals surface area (Å²) in [7, 11) is 1.81. The van der Waals surface area contributed by atoms with Crippen LogP contribution in [0.4, 0.5) is 0 Å². The molecule has 0 unspecified atom stereocenters. The second-order valence-corrected chi connectivity index (χ2v) is 7.99. The maximum atomic E-state index is 13.0. The molecule has 4 aromatic rings. The first-order valence-corrected chi connectivity index (χ1v) is 10.5. The lowest BCUT2D eigenvalue weighted by Gasteiger charge is -2.17. The van der Waals surface area contributed by atoms with Crippen molar-refractivity contribution in [1.82, 2.24) is 29.4 Å². The lowest BCUT2D eigenvalue weighted by molar-refractivity contribution is -0.131. The summed E-state index contributed by atoms with van der Waals surface area (Å²) in [6.45, 7) is 9.62. The van der Waals surface area contributed by atoms with Gasteiger partial charge in [0.15, 0.2) is 5.65 Å². The lowest BCUT2D eigenvalue weighted by atomic mass is 10.0. The Bertz CT molecular complexity index is 1250. The number of nitrogens with zero attached hydrogens (tertiary/aromatic N) is 6. The van der Waals surface area contributed by atoms with Gasteiger partial charge in [-0.3, -0.25) is 9.48 Å². The number of carbonyl (C=O) groups excluding carboxylic acids is 1. The molecule has 0 aliphatic heterocycles. The number of amides is 1. The van der Waals surface area contributed by atoms with Gasteiger partial charge in [-0.2, -0.15) is 10.2 Å². The van der Waals surface area contributed by atoms with E-state index in [1.54, 1.807) is 15.8 Å². The van der Waals surface area contributed by atoms with E-state index in [0.717, 1.165) is 45.7 Å². The van der Waals surface area contributed by atoms with Gasteiger partial charge in [0, 0.05) is 43.0 Å². The highest BCUT2D eigenvalue weighted by atomic mass is 16.2. The molecule has 0 aliphatic carbocycles. The largest absolute Gasteiger partial charge is 0.340 e. The van der Waals surface area contributed by atoms with Gasteiger partial charge in [0.2, 0.25) is 5.91 Å². The van der Waals surface area contributed by atoms with E-state index in [1.807, 2.05) is 37.8 Å². The molecule has 0 saturated carbocycles. The SMILES string of the molecule is CCn1ncc(CN(C)C(=O)Cn2nc(C)c3c(-c4cccc(C)c4)ccnc32)c1C. The normalized spacial score (nSPS) is 11.3. The lowest BCUT2D eigenvalue weighted by Crippen LogP contribution is -2.30. The number of aryl methyl sites for hydroxylation is 3. The maximum absolute atomic E-state index is 13.0. The number of fused-ring (bicyclic) bond motifs is 1. The Morgan fingerprint density at radius 3 is 2.65 bits per heavy atom. The van der Waals surface area contributed by atoms with Crippen LogP contribution in [0.2, 0.25) is 0 Å². The first kappa shape index (κ1) is 20.8. The van der Waals surface area contributed by atoms with Crippen LogP contribution in [-0.4, -0.2) is 42.4 Å². The minimum absolute atomic E-state index is 0.0178. The van der Waals surface area contributed by atoms with Crippen LogP contribution in [0.3, 0.4) is 0 Å². The highest BCUT2D eigenvalue weighted by Crippen LogP contribution is 2.30. The summed E-state index contributed by atoms with van der Waals surface area (Å²) in [4.78, 5) is 19.2. The topological polar surface area (TPSA) is 68.8 Å². The predicted molar refractivity (Wildman–Crippen MR) is 122 cm³/mol. The van der Waals surface area contributed by atoms with Gasteiger partial charge in [-0.25, -0.2) is 9.67 Å². The molecule has 31 heavy (non-hydrogen) atoms. The van der Waals surface area contributed by atoms with Gasteiger partial charge < -0.3 is 4.90 Å². The number of hydrogen-bond donors (Lipinski definition) is 0. The third kappa shape index (κ3) is 3.95. The first-order chi connectivity index (χ1) is 14.9. The van der Waals surface area contributed by atoms with Crippen LogP contribution in [0, 0.1) is 20.8 Å². The Kier molecular flexibility index (Phi) is 5.59. The van der Waals surface area contributed by atoms with Gasteiger partial charge in [-0.15, -0.1) is 0 Å². The van der Waals surface area contributed by atoms with Crippen molar-refractivity contribution >= 4 is 16.9 Å².